The van der Waals surface area contributed by atoms with Crippen LogP contribution in [-0.2, 0) is 17.9 Å². The third-order valence-corrected chi connectivity index (χ3v) is 3.08. The third-order valence-electron chi connectivity index (χ3n) is 3.08. The molecule has 1 rings (SSSR count). The zero-order chi connectivity index (χ0) is 15.3. The Balaban J connectivity index is 2.46. The number of amides is 1. The molecule has 0 fully saturated rings. The highest BCUT2D eigenvalue weighted by molar-refractivity contribution is 5.75. The number of nitrogens with one attached hydrogen (secondary N) is 2. The Morgan fingerprint density at radius 3 is 2.55 bits per heavy atom. The molecule has 1 unspecified atom stereocenters. The molecule has 6 heteroatoms. The second kappa shape index (κ2) is 6.83. The molecular formula is C14H27N5O. The second-order valence-corrected chi connectivity index (χ2v) is 6.61. The maximum absolute atomic E-state index is 11.8. The van der Waals surface area contributed by atoms with Crippen molar-refractivity contribution in [3.63, 3.8) is 0 Å². The summed E-state index contributed by atoms with van der Waals surface area (Å²) >= 11 is 0. The molecule has 6 nitrogen and oxygen atoms in total. The van der Waals surface area contributed by atoms with Crippen molar-refractivity contribution in [1.29, 1.82) is 0 Å². The van der Waals surface area contributed by atoms with Gasteiger partial charge in [-0.25, -0.2) is 4.68 Å². The van der Waals surface area contributed by atoms with Crippen molar-refractivity contribution in [3.05, 3.63) is 11.9 Å². The maximum atomic E-state index is 11.8. The summed E-state index contributed by atoms with van der Waals surface area (Å²) in [6, 6.07) is 0.160. The van der Waals surface area contributed by atoms with Crippen LogP contribution in [0.2, 0.25) is 0 Å². The lowest BCUT2D eigenvalue weighted by atomic mass is 10.1. The average molecular weight is 281 g/mol. The molecule has 20 heavy (non-hydrogen) atoms. The van der Waals surface area contributed by atoms with Gasteiger partial charge in [0.1, 0.15) is 6.54 Å². The van der Waals surface area contributed by atoms with Gasteiger partial charge in [-0.1, -0.05) is 19.1 Å². The molecule has 0 aliphatic carbocycles. The number of aromatic nitrogens is 3. The van der Waals surface area contributed by atoms with Gasteiger partial charge in [-0.3, -0.25) is 4.79 Å². The van der Waals surface area contributed by atoms with Gasteiger partial charge in [-0.2, -0.15) is 0 Å². The molecule has 1 aromatic rings. The van der Waals surface area contributed by atoms with Crippen molar-refractivity contribution < 1.29 is 4.79 Å². The number of hydrogen-bond donors (Lipinski definition) is 2. The van der Waals surface area contributed by atoms with Crippen LogP contribution in [0, 0.1) is 5.92 Å². The van der Waals surface area contributed by atoms with Gasteiger partial charge in [-0.15, -0.1) is 5.10 Å². The minimum atomic E-state index is -0.0357. The molecule has 0 spiro atoms. The quantitative estimate of drug-likeness (QED) is 0.825. The predicted molar refractivity (Wildman–Crippen MR) is 79.1 cm³/mol. The molecule has 0 aliphatic heterocycles. The Hall–Kier alpha value is -1.43. The van der Waals surface area contributed by atoms with Crippen molar-refractivity contribution in [2.45, 2.75) is 66.2 Å². The van der Waals surface area contributed by atoms with Gasteiger partial charge in [0.2, 0.25) is 5.91 Å². The summed E-state index contributed by atoms with van der Waals surface area (Å²) in [6.07, 6.45) is 1.80. The van der Waals surface area contributed by atoms with Crippen LogP contribution in [0.1, 0.15) is 47.2 Å². The van der Waals surface area contributed by atoms with Crippen LogP contribution in [-0.4, -0.2) is 32.5 Å². The Morgan fingerprint density at radius 2 is 2.00 bits per heavy atom. The first-order valence-corrected chi connectivity index (χ1v) is 7.11. The van der Waals surface area contributed by atoms with Crippen LogP contribution in [0.5, 0.6) is 0 Å². The molecule has 2 N–H and O–H groups in total. The summed E-state index contributed by atoms with van der Waals surface area (Å²) < 4.78 is 1.57. The van der Waals surface area contributed by atoms with Gasteiger partial charge in [0, 0.05) is 18.1 Å². The normalized spacial score (nSPS) is 13.6. The van der Waals surface area contributed by atoms with Crippen LogP contribution in [0.25, 0.3) is 0 Å². The van der Waals surface area contributed by atoms with Gasteiger partial charge in [0.15, 0.2) is 0 Å². The lowest BCUT2D eigenvalue weighted by Gasteiger charge is -2.19. The molecule has 0 saturated carbocycles. The summed E-state index contributed by atoms with van der Waals surface area (Å²) in [5.41, 5.74) is 0.873. The van der Waals surface area contributed by atoms with E-state index in [1.165, 1.54) is 0 Å². The van der Waals surface area contributed by atoms with Crippen LogP contribution in [0.3, 0.4) is 0 Å². The predicted octanol–water partition coefficient (Wildman–Crippen LogP) is 1.33. The van der Waals surface area contributed by atoms with Crippen LogP contribution < -0.4 is 10.6 Å². The van der Waals surface area contributed by atoms with Gasteiger partial charge >= 0.3 is 0 Å². The molecule has 0 aromatic carbocycles. The summed E-state index contributed by atoms with van der Waals surface area (Å²) in [5.74, 6) is 0.382. The molecule has 1 aromatic heterocycles. The standard InChI is InChI=1S/C14H27N5O/c1-10(2)11(3)16-13(20)9-19-8-12(17-18-19)7-15-14(4,5)6/h8,10-11,15H,7,9H2,1-6H3,(H,16,20). The minimum Gasteiger partial charge on any atom is -0.352 e. The topological polar surface area (TPSA) is 71.8 Å². The van der Waals surface area contributed by atoms with E-state index in [2.05, 4.69) is 55.6 Å². The van der Waals surface area contributed by atoms with Crippen molar-refractivity contribution in [3.8, 4) is 0 Å². The highest BCUT2D eigenvalue weighted by Gasteiger charge is 2.13. The fourth-order valence-electron chi connectivity index (χ4n) is 1.47. The first-order chi connectivity index (χ1) is 9.17. The SMILES string of the molecule is CC(C)C(C)NC(=O)Cn1cc(CNC(C)(C)C)nn1. The van der Waals surface area contributed by atoms with Gasteiger partial charge in [0.25, 0.3) is 0 Å². The molecule has 1 amide bonds. The second-order valence-electron chi connectivity index (χ2n) is 6.61. The molecule has 0 saturated heterocycles. The monoisotopic (exact) mass is 281 g/mol. The van der Waals surface area contributed by atoms with E-state index >= 15 is 0 Å². The molecule has 1 atom stereocenters. The van der Waals surface area contributed by atoms with Crippen molar-refractivity contribution in [2.75, 3.05) is 0 Å². The van der Waals surface area contributed by atoms with Crippen LogP contribution >= 0.6 is 0 Å². The lowest BCUT2D eigenvalue weighted by Crippen LogP contribution is -2.38. The number of carbonyl (C=O) groups excluding carboxylic acids is 1. The van der Waals surface area contributed by atoms with E-state index in [0.29, 0.717) is 12.5 Å². The highest BCUT2D eigenvalue weighted by atomic mass is 16.2. The number of nitrogens with zero attached hydrogens (tertiary/aromatic N) is 3. The molecule has 1 heterocycles. The van der Waals surface area contributed by atoms with E-state index in [0.717, 1.165) is 5.69 Å². The first kappa shape index (κ1) is 16.6. The van der Waals surface area contributed by atoms with Crippen molar-refractivity contribution in [2.24, 2.45) is 5.92 Å². The summed E-state index contributed by atoms with van der Waals surface area (Å²) in [4.78, 5) is 11.8. The largest absolute Gasteiger partial charge is 0.352 e. The molecule has 114 valence electrons. The number of carbonyl (C=O) groups is 1. The molecule has 0 aliphatic rings. The highest BCUT2D eigenvalue weighted by Crippen LogP contribution is 2.02. The third kappa shape index (κ3) is 6.14. The van der Waals surface area contributed by atoms with E-state index < -0.39 is 0 Å². The summed E-state index contributed by atoms with van der Waals surface area (Å²) in [6.45, 7) is 13.3. The Morgan fingerprint density at radius 1 is 1.35 bits per heavy atom. The van der Waals surface area contributed by atoms with Crippen molar-refractivity contribution >= 4 is 5.91 Å². The fourth-order valence-corrected chi connectivity index (χ4v) is 1.47. The van der Waals surface area contributed by atoms with Crippen LogP contribution in [0.15, 0.2) is 6.20 Å². The van der Waals surface area contributed by atoms with Gasteiger partial charge in [-0.05, 0) is 33.6 Å². The van der Waals surface area contributed by atoms with E-state index in [9.17, 15) is 4.79 Å². The molecule has 0 bridgehead atoms. The Labute approximate surface area is 121 Å². The van der Waals surface area contributed by atoms with E-state index in [4.69, 9.17) is 0 Å². The van der Waals surface area contributed by atoms with E-state index in [-0.39, 0.29) is 24.0 Å². The van der Waals surface area contributed by atoms with Gasteiger partial charge < -0.3 is 10.6 Å². The van der Waals surface area contributed by atoms with E-state index in [1.54, 1.807) is 10.9 Å². The minimum absolute atomic E-state index is 0.0356. The molecule has 0 radical (unpaired) electrons. The zero-order valence-corrected chi connectivity index (χ0v) is 13.4. The average Bonchev–Trinajstić information content (AvgIpc) is 2.72. The Kier molecular flexibility index (Phi) is 5.68. The number of rotatable bonds is 6. The smallest absolute Gasteiger partial charge is 0.242 e. The summed E-state index contributed by atoms with van der Waals surface area (Å²) in [7, 11) is 0. The molecular weight excluding hydrogens is 254 g/mol. The maximum Gasteiger partial charge on any atom is 0.242 e. The summed E-state index contributed by atoms with van der Waals surface area (Å²) in [5, 5.41) is 14.3. The van der Waals surface area contributed by atoms with Crippen molar-refractivity contribution in [1.82, 2.24) is 25.6 Å². The Bertz CT molecular complexity index is 433. The van der Waals surface area contributed by atoms with E-state index in [1.807, 2.05) is 6.92 Å². The van der Waals surface area contributed by atoms with Crippen LogP contribution in [0.4, 0.5) is 0 Å². The number of hydrogen-bond acceptors (Lipinski definition) is 4. The zero-order valence-electron chi connectivity index (χ0n) is 13.4. The van der Waals surface area contributed by atoms with Gasteiger partial charge in [0.05, 0.1) is 11.9 Å². The lowest BCUT2D eigenvalue weighted by molar-refractivity contribution is -0.122. The fraction of sp³-hybridized carbons (Fsp3) is 0.786. The first-order valence-electron chi connectivity index (χ1n) is 7.11.